The molecule has 2 aromatic carbocycles. The van der Waals surface area contributed by atoms with E-state index in [1.165, 1.54) is 7.11 Å². The lowest BCUT2D eigenvalue weighted by Gasteiger charge is -2.11. The van der Waals surface area contributed by atoms with E-state index < -0.39 is 11.6 Å². The van der Waals surface area contributed by atoms with Crippen LogP contribution in [0.25, 0.3) is 11.0 Å². The number of halogens is 1. The lowest BCUT2D eigenvalue weighted by molar-refractivity contribution is -0.686. The van der Waals surface area contributed by atoms with Crippen molar-refractivity contribution in [3.8, 4) is 17.2 Å². The Labute approximate surface area is 184 Å². The molecule has 4 rings (SSSR count). The maximum absolute atomic E-state index is 12.5. The van der Waals surface area contributed by atoms with Gasteiger partial charge >= 0.3 is 11.6 Å². The van der Waals surface area contributed by atoms with E-state index in [-0.39, 0.29) is 36.9 Å². The summed E-state index contributed by atoms with van der Waals surface area (Å²) in [7, 11) is 1.27. The minimum Gasteiger partial charge on any atom is -1.00 e. The predicted molar refractivity (Wildman–Crippen MR) is 107 cm³/mol. The van der Waals surface area contributed by atoms with Crippen LogP contribution in [-0.2, 0) is 29.0 Å². The first kappa shape index (κ1) is 22.5. The van der Waals surface area contributed by atoms with Gasteiger partial charge in [-0.25, -0.2) is 4.79 Å². The Morgan fingerprint density at radius 3 is 2.68 bits per heavy atom. The third kappa shape index (κ3) is 4.45. The Morgan fingerprint density at radius 1 is 1.13 bits per heavy atom. The fourth-order valence-corrected chi connectivity index (χ4v) is 3.57. The van der Waals surface area contributed by atoms with E-state index in [0.717, 1.165) is 11.3 Å². The molecule has 2 heterocycles. The Hall–Kier alpha value is -3.23. The zero-order valence-corrected chi connectivity index (χ0v) is 17.8. The van der Waals surface area contributed by atoms with Crippen LogP contribution in [-0.4, -0.2) is 25.0 Å². The van der Waals surface area contributed by atoms with Gasteiger partial charge < -0.3 is 41.5 Å². The number of aryl methyl sites for hydroxylation is 1. The highest BCUT2D eigenvalue weighted by molar-refractivity contribution is 5.86. The number of hydrogen-bond acceptors (Lipinski definition) is 7. The lowest BCUT2D eigenvalue weighted by Crippen LogP contribution is -3.00. The molecule has 1 aliphatic rings. The number of carbonyl (C=O) groups is 1. The number of rotatable bonds is 6. The third-order valence-corrected chi connectivity index (χ3v) is 5.25. The molecule has 1 aromatic heterocycles. The minimum atomic E-state index is -0.604. The second-order valence-corrected chi connectivity index (χ2v) is 7.07. The number of quaternary nitrogens is 1. The number of fused-ring (bicyclic) bond motifs is 2. The van der Waals surface area contributed by atoms with Crippen molar-refractivity contribution >= 4 is 16.9 Å². The van der Waals surface area contributed by atoms with Gasteiger partial charge in [-0.05, 0) is 42.8 Å². The number of aromatic hydroxyl groups is 1. The van der Waals surface area contributed by atoms with Crippen molar-refractivity contribution in [2.24, 2.45) is 0 Å². The van der Waals surface area contributed by atoms with Crippen molar-refractivity contribution < 1.29 is 46.3 Å². The van der Waals surface area contributed by atoms with Gasteiger partial charge in [0.15, 0.2) is 17.1 Å². The number of phenols is 1. The normalized spacial score (nSPS) is 11.9. The van der Waals surface area contributed by atoms with Crippen LogP contribution in [0.5, 0.6) is 17.2 Å². The molecule has 0 saturated heterocycles. The molecule has 31 heavy (non-hydrogen) atoms. The average molecular weight is 448 g/mol. The second kappa shape index (κ2) is 9.28. The average Bonchev–Trinajstić information content (AvgIpc) is 3.20. The maximum Gasteiger partial charge on any atom is 0.340 e. The van der Waals surface area contributed by atoms with Crippen molar-refractivity contribution in [1.82, 2.24) is 0 Å². The van der Waals surface area contributed by atoms with Crippen LogP contribution in [0, 0.1) is 6.92 Å². The van der Waals surface area contributed by atoms with Crippen molar-refractivity contribution in [2.75, 3.05) is 13.9 Å². The molecule has 0 amide bonds. The highest BCUT2D eigenvalue weighted by Gasteiger charge is 2.20. The molecule has 8 nitrogen and oxygen atoms in total. The third-order valence-electron chi connectivity index (χ3n) is 5.25. The molecule has 3 N–H and O–H groups in total. The first-order valence-corrected chi connectivity index (χ1v) is 9.52. The van der Waals surface area contributed by atoms with Crippen molar-refractivity contribution in [1.29, 1.82) is 0 Å². The highest BCUT2D eigenvalue weighted by Crippen LogP contribution is 2.32. The Bertz CT molecular complexity index is 1190. The summed E-state index contributed by atoms with van der Waals surface area (Å²) in [5, 5.41) is 13.0. The Balaban J connectivity index is 0.00000272. The molecule has 0 spiro atoms. The molecule has 0 aliphatic carbocycles. The molecule has 0 radical (unpaired) electrons. The van der Waals surface area contributed by atoms with Crippen LogP contribution in [0.2, 0.25) is 0 Å². The molecular weight excluding hydrogens is 426 g/mol. The first-order chi connectivity index (χ1) is 14.5. The van der Waals surface area contributed by atoms with E-state index in [4.69, 9.17) is 13.9 Å². The Kier molecular flexibility index (Phi) is 6.72. The summed E-state index contributed by atoms with van der Waals surface area (Å²) >= 11 is 0. The molecular formula is C22H22ClNO7. The van der Waals surface area contributed by atoms with Gasteiger partial charge in [0, 0.05) is 10.9 Å². The molecule has 164 valence electrons. The topological polar surface area (TPSA) is 112 Å². The van der Waals surface area contributed by atoms with Gasteiger partial charge in [0.1, 0.15) is 18.8 Å². The smallest absolute Gasteiger partial charge is 0.340 e. The first-order valence-electron chi connectivity index (χ1n) is 9.52. The standard InChI is InChI=1S/C22H21NO7.ClH/c1-12-14-4-5-17(24)16(21(14)30-22(26)15(12)8-20(25)27-2)10-23-9-13-3-6-18-19(7-13)29-11-28-18;/h3-7,23-24H,8-11H2,1-2H3;1H. The van der Waals surface area contributed by atoms with E-state index in [1.807, 2.05) is 23.5 Å². The van der Waals surface area contributed by atoms with E-state index in [0.29, 0.717) is 40.9 Å². The van der Waals surface area contributed by atoms with Gasteiger partial charge in [0.2, 0.25) is 6.79 Å². The molecule has 0 unspecified atom stereocenters. The summed E-state index contributed by atoms with van der Waals surface area (Å²) in [5.74, 6) is 0.979. The monoisotopic (exact) mass is 447 g/mol. The van der Waals surface area contributed by atoms with Gasteiger partial charge in [-0.1, -0.05) is 0 Å². The summed E-state index contributed by atoms with van der Waals surface area (Å²) < 4.78 is 20.9. The van der Waals surface area contributed by atoms with Crippen LogP contribution in [0.15, 0.2) is 39.5 Å². The van der Waals surface area contributed by atoms with E-state index in [9.17, 15) is 14.7 Å². The maximum atomic E-state index is 12.5. The van der Waals surface area contributed by atoms with Crippen LogP contribution in [0.3, 0.4) is 0 Å². The van der Waals surface area contributed by atoms with Gasteiger partial charge in [0.05, 0.1) is 24.7 Å². The van der Waals surface area contributed by atoms with Crippen LogP contribution < -0.4 is 32.8 Å². The van der Waals surface area contributed by atoms with Crippen molar-refractivity contribution in [3.63, 3.8) is 0 Å². The summed E-state index contributed by atoms with van der Waals surface area (Å²) in [5.41, 5.74) is 2.19. The number of benzene rings is 2. The lowest BCUT2D eigenvalue weighted by atomic mass is 10.0. The number of esters is 1. The summed E-state index contributed by atoms with van der Waals surface area (Å²) in [4.78, 5) is 24.1. The second-order valence-electron chi connectivity index (χ2n) is 7.07. The number of carbonyl (C=O) groups excluding carboxylic acids is 1. The summed E-state index contributed by atoms with van der Waals surface area (Å²) in [6.07, 6.45) is -0.160. The van der Waals surface area contributed by atoms with E-state index in [2.05, 4.69) is 4.74 Å². The predicted octanol–water partition coefficient (Wildman–Crippen LogP) is -1.48. The number of phenolic OH excluding ortho intramolecular Hbond substituents is 1. The highest BCUT2D eigenvalue weighted by atomic mass is 35.5. The number of nitrogens with two attached hydrogens (primary N) is 1. The zero-order chi connectivity index (χ0) is 21.3. The van der Waals surface area contributed by atoms with Gasteiger partial charge in [-0.2, -0.15) is 0 Å². The number of methoxy groups -OCH3 is 1. The van der Waals surface area contributed by atoms with E-state index in [1.54, 1.807) is 19.1 Å². The van der Waals surface area contributed by atoms with Crippen LogP contribution >= 0.6 is 0 Å². The van der Waals surface area contributed by atoms with Gasteiger partial charge in [-0.3, -0.25) is 4.79 Å². The fourth-order valence-electron chi connectivity index (χ4n) is 3.57. The van der Waals surface area contributed by atoms with Crippen LogP contribution in [0.1, 0.15) is 22.3 Å². The van der Waals surface area contributed by atoms with Gasteiger partial charge in [-0.15, -0.1) is 0 Å². The van der Waals surface area contributed by atoms with Crippen molar-refractivity contribution in [2.45, 2.75) is 26.4 Å². The Morgan fingerprint density at radius 2 is 1.90 bits per heavy atom. The largest absolute Gasteiger partial charge is 1.00 e. The zero-order valence-electron chi connectivity index (χ0n) is 17.1. The number of ether oxygens (including phenoxy) is 3. The van der Waals surface area contributed by atoms with Gasteiger partial charge in [0.25, 0.3) is 0 Å². The van der Waals surface area contributed by atoms with Crippen LogP contribution in [0.4, 0.5) is 0 Å². The molecule has 9 heteroatoms. The number of hydrogen-bond donors (Lipinski definition) is 2. The summed E-state index contributed by atoms with van der Waals surface area (Å²) in [6, 6.07) is 9.00. The molecule has 0 saturated carbocycles. The SMILES string of the molecule is COC(=O)Cc1c(C)c2ccc(O)c(C[NH2+]Cc3ccc4c(c3)OCO4)c2oc1=O.[Cl-]. The van der Waals surface area contributed by atoms with Crippen molar-refractivity contribution in [3.05, 3.63) is 63.0 Å². The van der Waals surface area contributed by atoms with E-state index >= 15 is 0 Å². The fraction of sp³-hybridized carbons (Fsp3) is 0.273. The molecule has 0 bridgehead atoms. The molecule has 0 fully saturated rings. The summed E-state index contributed by atoms with van der Waals surface area (Å²) in [6.45, 7) is 3.02. The molecule has 1 aliphatic heterocycles. The molecule has 0 atom stereocenters. The molecule has 3 aromatic rings. The minimum absolute atomic E-state index is 0. The quantitative estimate of drug-likeness (QED) is 0.350.